The molecule has 1 atom stereocenters. The lowest BCUT2D eigenvalue weighted by Crippen LogP contribution is -2.36. The van der Waals surface area contributed by atoms with Crippen molar-refractivity contribution in [1.29, 1.82) is 0 Å². The standard InChI is InChI=1S/C23H21FN4O3S/c1-12-3-8-17(13(2)9-12)25-21(30)16-10-18(29)26-20-19(16)22(31)28-23(27-20)32-11-14-4-6-15(24)7-5-14/h3-9,16H,10-11H2,1-2H3,(H,25,30)(H2,26,27,28,29,31)/t16-/m1/s1. The second-order valence-corrected chi connectivity index (χ2v) is 8.63. The molecule has 4 rings (SSSR count). The minimum Gasteiger partial charge on any atom is -0.325 e. The van der Waals surface area contributed by atoms with Gasteiger partial charge in [0.15, 0.2) is 5.16 Å². The molecule has 3 N–H and O–H groups in total. The third-order valence-electron chi connectivity index (χ3n) is 5.17. The molecule has 0 saturated heterocycles. The first-order valence-electron chi connectivity index (χ1n) is 9.99. The van der Waals surface area contributed by atoms with Crippen LogP contribution in [-0.4, -0.2) is 21.8 Å². The number of hydrogen-bond donors (Lipinski definition) is 3. The number of carbonyl (C=O) groups is 2. The second kappa shape index (κ2) is 8.96. The van der Waals surface area contributed by atoms with Gasteiger partial charge in [-0.1, -0.05) is 41.6 Å². The molecule has 2 heterocycles. The highest BCUT2D eigenvalue weighted by Crippen LogP contribution is 2.31. The maximum atomic E-state index is 13.1. The van der Waals surface area contributed by atoms with Crippen molar-refractivity contribution >= 4 is 35.1 Å². The molecule has 0 fully saturated rings. The van der Waals surface area contributed by atoms with Crippen LogP contribution in [0.25, 0.3) is 0 Å². The normalized spacial score (nSPS) is 15.1. The number of nitrogens with zero attached hydrogens (tertiary/aromatic N) is 1. The van der Waals surface area contributed by atoms with Gasteiger partial charge in [0.25, 0.3) is 5.56 Å². The first-order chi connectivity index (χ1) is 15.3. The van der Waals surface area contributed by atoms with E-state index in [1.54, 1.807) is 18.2 Å². The molecule has 7 nitrogen and oxygen atoms in total. The summed E-state index contributed by atoms with van der Waals surface area (Å²) in [6.45, 7) is 3.83. The number of aromatic nitrogens is 2. The Labute approximate surface area is 187 Å². The number of thioether (sulfide) groups is 1. The molecule has 0 aliphatic carbocycles. The Kier molecular flexibility index (Phi) is 6.09. The number of H-pyrrole nitrogens is 1. The summed E-state index contributed by atoms with van der Waals surface area (Å²) in [7, 11) is 0. The molecular formula is C23H21FN4O3S. The number of halogens is 1. The number of benzene rings is 2. The molecular weight excluding hydrogens is 431 g/mol. The maximum Gasteiger partial charge on any atom is 0.257 e. The molecule has 2 aromatic carbocycles. The average Bonchev–Trinajstić information content (AvgIpc) is 2.74. The van der Waals surface area contributed by atoms with Gasteiger partial charge in [-0.3, -0.25) is 14.4 Å². The van der Waals surface area contributed by atoms with Crippen molar-refractivity contribution in [2.75, 3.05) is 10.6 Å². The van der Waals surface area contributed by atoms with Crippen LogP contribution in [0.4, 0.5) is 15.9 Å². The molecule has 164 valence electrons. The van der Waals surface area contributed by atoms with Gasteiger partial charge in [0.05, 0.1) is 11.5 Å². The number of fused-ring (bicyclic) bond motifs is 1. The minimum absolute atomic E-state index is 0.0902. The van der Waals surface area contributed by atoms with Crippen LogP contribution in [0, 0.1) is 19.7 Å². The van der Waals surface area contributed by atoms with E-state index < -0.39 is 17.4 Å². The summed E-state index contributed by atoms with van der Waals surface area (Å²) in [6, 6.07) is 11.6. The van der Waals surface area contributed by atoms with Crippen molar-refractivity contribution in [3.63, 3.8) is 0 Å². The molecule has 0 spiro atoms. The number of rotatable bonds is 5. The number of amides is 2. The molecule has 1 aliphatic rings. The van der Waals surface area contributed by atoms with Gasteiger partial charge in [-0.05, 0) is 43.2 Å². The van der Waals surface area contributed by atoms with E-state index in [1.807, 2.05) is 26.0 Å². The van der Waals surface area contributed by atoms with E-state index in [0.29, 0.717) is 16.6 Å². The third-order valence-corrected chi connectivity index (χ3v) is 6.12. The molecule has 0 radical (unpaired) electrons. The molecule has 0 bridgehead atoms. The van der Waals surface area contributed by atoms with Crippen LogP contribution in [0.15, 0.2) is 52.4 Å². The number of hydrogen-bond acceptors (Lipinski definition) is 5. The Bertz CT molecular complexity index is 1260. The molecule has 2 amide bonds. The van der Waals surface area contributed by atoms with Crippen molar-refractivity contribution in [3.05, 3.63) is 80.9 Å². The van der Waals surface area contributed by atoms with Gasteiger partial charge in [-0.25, -0.2) is 9.37 Å². The summed E-state index contributed by atoms with van der Waals surface area (Å²) >= 11 is 1.24. The van der Waals surface area contributed by atoms with Crippen molar-refractivity contribution in [2.24, 2.45) is 0 Å². The second-order valence-electron chi connectivity index (χ2n) is 7.66. The summed E-state index contributed by atoms with van der Waals surface area (Å²) in [6.07, 6.45) is -0.142. The van der Waals surface area contributed by atoms with E-state index in [9.17, 15) is 18.8 Å². The lowest BCUT2D eigenvalue weighted by Gasteiger charge is -2.24. The number of aryl methyl sites for hydroxylation is 2. The zero-order valence-corrected chi connectivity index (χ0v) is 18.3. The summed E-state index contributed by atoms with van der Waals surface area (Å²) in [5, 5.41) is 5.73. The van der Waals surface area contributed by atoms with Gasteiger partial charge in [-0.15, -0.1) is 0 Å². The first-order valence-corrected chi connectivity index (χ1v) is 11.0. The summed E-state index contributed by atoms with van der Waals surface area (Å²) in [5.74, 6) is -1.56. The van der Waals surface area contributed by atoms with Crippen molar-refractivity contribution in [1.82, 2.24) is 9.97 Å². The third kappa shape index (κ3) is 4.72. The van der Waals surface area contributed by atoms with E-state index in [4.69, 9.17) is 0 Å². The Hall–Kier alpha value is -3.46. The van der Waals surface area contributed by atoms with Crippen LogP contribution < -0.4 is 16.2 Å². The van der Waals surface area contributed by atoms with Crippen LogP contribution in [0.5, 0.6) is 0 Å². The maximum absolute atomic E-state index is 13.1. The molecule has 0 unspecified atom stereocenters. The van der Waals surface area contributed by atoms with Gasteiger partial charge in [0, 0.05) is 17.9 Å². The van der Waals surface area contributed by atoms with Crippen molar-refractivity contribution < 1.29 is 14.0 Å². The minimum atomic E-state index is -0.952. The number of carbonyl (C=O) groups excluding carboxylic acids is 2. The van der Waals surface area contributed by atoms with Crippen LogP contribution in [0.3, 0.4) is 0 Å². The van der Waals surface area contributed by atoms with E-state index in [1.165, 1.54) is 23.9 Å². The topological polar surface area (TPSA) is 104 Å². The zero-order valence-electron chi connectivity index (χ0n) is 17.5. The Morgan fingerprint density at radius 1 is 1.19 bits per heavy atom. The molecule has 1 aliphatic heterocycles. The lowest BCUT2D eigenvalue weighted by atomic mass is 9.92. The largest absolute Gasteiger partial charge is 0.325 e. The predicted octanol–water partition coefficient (Wildman–Crippen LogP) is 3.88. The summed E-state index contributed by atoms with van der Waals surface area (Å²) < 4.78 is 13.1. The quantitative estimate of drug-likeness (QED) is 0.403. The van der Waals surface area contributed by atoms with Gasteiger partial charge < -0.3 is 15.6 Å². The lowest BCUT2D eigenvalue weighted by molar-refractivity contribution is -0.123. The van der Waals surface area contributed by atoms with E-state index >= 15 is 0 Å². The fraction of sp³-hybridized carbons (Fsp3) is 0.217. The van der Waals surface area contributed by atoms with Gasteiger partial charge in [0.2, 0.25) is 11.8 Å². The van der Waals surface area contributed by atoms with Crippen molar-refractivity contribution in [3.8, 4) is 0 Å². The van der Waals surface area contributed by atoms with Crippen LogP contribution in [-0.2, 0) is 15.3 Å². The smallest absolute Gasteiger partial charge is 0.257 e. The van der Waals surface area contributed by atoms with Crippen molar-refractivity contribution in [2.45, 2.75) is 37.1 Å². The van der Waals surface area contributed by atoms with E-state index in [0.717, 1.165) is 16.7 Å². The van der Waals surface area contributed by atoms with Gasteiger partial charge in [0.1, 0.15) is 11.6 Å². The molecule has 1 aromatic heterocycles. The highest BCUT2D eigenvalue weighted by molar-refractivity contribution is 7.98. The molecule has 0 saturated carbocycles. The fourth-order valence-electron chi connectivity index (χ4n) is 3.55. The van der Waals surface area contributed by atoms with Crippen LogP contribution in [0.1, 0.15) is 34.6 Å². The van der Waals surface area contributed by atoms with Gasteiger partial charge >= 0.3 is 0 Å². The monoisotopic (exact) mass is 452 g/mol. The SMILES string of the molecule is Cc1ccc(NC(=O)[C@@H]2CC(=O)Nc3nc(SCc4ccc(F)cc4)[nH]c(=O)c32)c(C)c1. The summed E-state index contributed by atoms with van der Waals surface area (Å²) in [5.41, 5.74) is 3.10. The summed E-state index contributed by atoms with van der Waals surface area (Å²) in [4.78, 5) is 45.1. The van der Waals surface area contributed by atoms with Crippen LogP contribution in [0.2, 0.25) is 0 Å². The Morgan fingerprint density at radius 3 is 2.66 bits per heavy atom. The molecule has 32 heavy (non-hydrogen) atoms. The predicted molar refractivity (Wildman–Crippen MR) is 121 cm³/mol. The first kappa shape index (κ1) is 21.8. The zero-order chi connectivity index (χ0) is 22.8. The van der Waals surface area contributed by atoms with E-state index in [-0.39, 0.29) is 29.5 Å². The number of nitrogens with one attached hydrogen (secondary N) is 3. The highest BCUT2D eigenvalue weighted by Gasteiger charge is 2.35. The van der Waals surface area contributed by atoms with Gasteiger partial charge in [-0.2, -0.15) is 0 Å². The Balaban J connectivity index is 1.57. The van der Waals surface area contributed by atoms with E-state index in [2.05, 4.69) is 20.6 Å². The van der Waals surface area contributed by atoms with Crippen LogP contribution >= 0.6 is 11.8 Å². The average molecular weight is 453 g/mol. The number of aromatic amines is 1. The Morgan fingerprint density at radius 2 is 1.94 bits per heavy atom. The molecule has 3 aromatic rings. The number of anilines is 2. The highest BCUT2D eigenvalue weighted by atomic mass is 32.2. The molecule has 9 heteroatoms. The fourth-order valence-corrected chi connectivity index (χ4v) is 4.37.